The molecule has 2 rings (SSSR count). The molecule has 1 aromatic carbocycles. The predicted octanol–water partition coefficient (Wildman–Crippen LogP) is 2.29. The molecule has 0 N–H and O–H groups in total. The number of hydrogen-bond acceptors (Lipinski definition) is 1. The van der Waals surface area contributed by atoms with Gasteiger partial charge >= 0.3 is 0 Å². The van der Waals surface area contributed by atoms with Gasteiger partial charge in [-0.25, -0.2) is 18.2 Å². The van der Waals surface area contributed by atoms with Crippen molar-refractivity contribution in [3.8, 4) is 5.69 Å². The van der Waals surface area contributed by atoms with Gasteiger partial charge in [-0.2, -0.15) is 0 Å². The molecular weight excluding hydrogens is 193 g/mol. The van der Waals surface area contributed by atoms with Crippen LogP contribution in [0.1, 0.15) is 0 Å². The van der Waals surface area contributed by atoms with Crippen LogP contribution < -0.4 is 0 Å². The molecule has 2 nitrogen and oxygen atoms in total. The average Bonchev–Trinajstić information content (AvgIpc) is 2.54. The molecule has 0 amide bonds. The summed E-state index contributed by atoms with van der Waals surface area (Å²) in [7, 11) is 0. The van der Waals surface area contributed by atoms with Crippen LogP contribution in [0.3, 0.4) is 0 Å². The molecule has 0 aliphatic rings. The third-order valence-corrected chi connectivity index (χ3v) is 1.74. The van der Waals surface area contributed by atoms with Crippen molar-refractivity contribution in [3.05, 3.63) is 48.3 Å². The molecule has 2 aromatic rings. The Balaban J connectivity index is 2.64. The lowest BCUT2D eigenvalue weighted by atomic mass is 10.3. The van der Waals surface area contributed by atoms with Crippen LogP contribution in [0.4, 0.5) is 13.2 Å². The quantitative estimate of drug-likeness (QED) is 0.687. The van der Waals surface area contributed by atoms with Gasteiger partial charge in [-0.1, -0.05) is 0 Å². The Morgan fingerprint density at radius 1 is 1.07 bits per heavy atom. The summed E-state index contributed by atoms with van der Waals surface area (Å²) in [4.78, 5) is 3.64. The molecule has 5 heteroatoms. The zero-order valence-electron chi connectivity index (χ0n) is 6.92. The Kier molecular flexibility index (Phi) is 1.99. The minimum Gasteiger partial charge on any atom is -0.301 e. The number of aromatic nitrogens is 2. The Morgan fingerprint density at radius 2 is 1.71 bits per heavy atom. The second kappa shape index (κ2) is 3.17. The molecule has 0 unspecified atom stereocenters. The number of rotatable bonds is 1. The second-order valence-electron chi connectivity index (χ2n) is 2.69. The lowest BCUT2D eigenvalue weighted by Gasteiger charge is -2.04. The van der Waals surface area contributed by atoms with E-state index < -0.39 is 17.5 Å². The summed E-state index contributed by atoms with van der Waals surface area (Å²) in [6.07, 6.45) is 3.99. The van der Waals surface area contributed by atoms with Crippen LogP contribution >= 0.6 is 0 Å². The molecular formula is C9H5F3N2. The van der Waals surface area contributed by atoms with E-state index in [2.05, 4.69) is 4.98 Å². The van der Waals surface area contributed by atoms with Crippen LogP contribution in [-0.2, 0) is 0 Å². The Bertz CT molecular complexity index is 428. The maximum Gasteiger partial charge on any atom is 0.153 e. The molecule has 0 fully saturated rings. The number of benzene rings is 1. The summed E-state index contributed by atoms with van der Waals surface area (Å²) < 4.78 is 40.0. The summed E-state index contributed by atoms with van der Waals surface area (Å²) in [5.41, 5.74) is -0.330. The van der Waals surface area contributed by atoms with Crippen LogP contribution in [0.2, 0.25) is 0 Å². The van der Waals surface area contributed by atoms with E-state index in [1.54, 1.807) is 0 Å². The Morgan fingerprint density at radius 3 is 2.21 bits per heavy atom. The van der Waals surface area contributed by atoms with E-state index in [4.69, 9.17) is 0 Å². The summed E-state index contributed by atoms with van der Waals surface area (Å²) in [6.45, 7) is 0. The summed E-state index contributed by atoms with van der Waals surface area (Å²) in [6, 6.07) is 1.25. The normalized spacial score (nSPS) is 10.5. The molecule has 0 aliphatic heterocycles. The maximum absolute atomic E-state index is 13.1. The molecule has 0 saturated heterocycles. The van der Waals surface area contributed by atoms with Crippen molar-refractivity contribution < 1.29 is 13.2 Å². The van der Waals surface area contributed by atoms with Crippen molar-refractivity contribution >= 4 is 0 Å². The minimum absolute atomic E-state index is 0.330. The molecule has 0 spiro atoms. The molecule has 0 bridgehead atoms. The molecule has 0 aliphatic carbocycles. The molecule has 0 saturated carbocycles. The van der Waals surface area contributed by atoms with E-state index in [1.807, 2.05) is 0 Å². The van der Waals surface area contributed by atoms with Gasteiger partial charge < -0.3 is 4.57 Å². The number of imidazole rings is 1. The number of nitrogens with zero attached hydrogens (tertiary/aromatic N) is 2. The molecule has 1 aromatic heterocycles. The minimum atomic E-state index is -0.958. The van der Waals surface area contributed by atoms with Crippen LogP contribution in [0.25, 0.3) is 5.69 Å². The predicted molar refractivity (Wildman–Crippen MR) is 43.4 cm³/mol. The summed E-state index contributed by atoms with van der Waals surface area (Å²) >= 11 is 0. The van der Waals surface area contributed by atoms with E-state index in [1.165, 1.54) is 18.7 Å². The molecule has 1 heterocycles. The van der Waals surface area contributed by atoms with Gasteiger partial charge in [0.15, 0.2) is 11.6 Å². The van der Waals surface area contributed by atoms with Gasteiger partial charge in [0.05, 0.1) is 6.33 Å². The standard InChI is InChI=1S/C9H5F3N2/c10-6-3-7(11)9(8(12)4-6)14-2-1-13-5-14/h1-5H. The van der Waals surface area contributed by atoms with Crippen LogP contribution in [0.5, 0.6) is 0 Å². The molecule has 0 radical (unpaired) electrons. The molecule has 0 atom stereocenters. The van der Waals surface area contributed by atoms with Crippen molar-refractivity contribution in [3.63, 3.8) is 0 Å². The zero-order chi connectivity index (χ0) is 10.1. The molecule has 72 valence electrons. The lowest BCUT2D eigenvalue weighted by Crippen LogP contribution is -2.00. The second-order valence-corrected chi connectivity index (χ2v) is 2.69. The fraction of sp³-hybridized carbons (Fsp3) is 0. The third kappa shape index (κ3) is 1.37. The highest BCUT2D eigenvalue weighted by atomic mass is 19.1. The van der Waals surface area contributed by atoms with Gasteiger partial charge in [0.1, 0.15) is 11.5 Å². The van der Waals surface area contributed by atoms with Gasteiger partial charge in [-0.15, -0.1) is 0 Å². The van der Waals surface area contributed by atoms with Crippen molar-refractivity contribution in [2.75, 3.05) is 0 Å². The SMILES string of the molecule is Fc1cc(F)c(-n2ccnc2)c(F)c1. The first-order valence-electron chi connectivity index (χ1n) is 3.81. The Hall–Kier alpha value is -1.78. The van der Waals surface area contributed by atoms with Crippen molar-refractivity contribution in [2.24, 2.45) is 0 Å². The number of hydrogen-bond donors (Lipinski definition) is 0. The van der Waals surface area contributed by atoms with Gasteiger partial charge in [0.25, 0.3) is 0 Å². The third-order valence-electron chi connectivity index (χ3n) is 1.74. The summed E-state index contributed by atoms with van der Waals surface area (Å²) in [5.74, 6) is -2.86. The van der Waals surface area contributed by atoms with Crippen LogP contribution in [-0.4, -0.2) is 9.55 Å². The van der Waals surface area contributed by atoms with Gasteiger partial charge in [-0.3, -0.25) is 0 Å². The van der Waals surface area contributed by atoms with E-state index in [0.717, 1.165) is 4.57 Å². The first kappa shape index (κ1) is 8.80. The van der Waals surface area contributed by atoms with Gasteiger partial charge in [-0.05, 0) is 0 Å². The van der Waals surface area contributed by atoms with Crippen LogP contribution in [0, 0.1) is 17.5 Å². The first-order valence-corrected chi connectivity index (χ1v) is 3.81. The van der Waals surface area contributed by atoms with Gasteiger partial charge in [0, 0.05) is 24.5 Å². The van der Waals surface area contributed by atoms with Crippen molar-refractivity contribution in [2.45, 2.75) is 0 Å². The highest BCUT2D eigenvalue weighted by Crippen LogP contribution is 2.18. The highest BCUT2D eigenvalue weighted by molar-refractivity contribution is 5.35. The zero-order valence-corrected chi connectivity index (χ0v) is 6.92. The monoisotopic (exact) mass is 198 g/mol. The van der Waals surface area contributed by atoms with Gasteiger partial charge in [0.2, 0.25) is 0 Å². The first-order chi connectivity index (χ1) is 6.68. The average molecular weight is 198 g/mol. The lowest BCUT2D eigenvalue weighted by molar-refractivity contribution is 0.534. The topological polar surface area (TPSA) is 17.8 Å². The maximum atomic E-state index is 13.1. The van der Waals surface area contributed by atoms with E-state index in [0.29, 0.717) is 12.1 Å². The van der Waals surface area contributed by atoms with Crippen LogP contribution in [0.15, 0.2) is 30.9 Å². The van der Waals surface area contributed by atoms with E-state index in [9.17, 15) is 13.2 Å². The summed E-state index contributed by atoms with van der Waals surface area (Å²) in [5, 5.41) is 0. The van der Waals surface area contributed by atoms with Crippen molar-refractivity contribution in [1.29, 1.82) is 0 Å². The fourth-order valence-corrected chi connectivity index (χ4v) is 1.17. The van der Waals surface area contributed by atoms with E-state index >= 15 is 0 Å². The van der Waals surface area contributed by atoms with E-state index in [-0.39, 0.29) is 5.69 Å². The van der Waals surface area contributed by atoms with Crippen molar-refractivity contribution in [1.82, 2.24) is 9.55 Å². The number of halogens is 3. The fourth-order valence-electron chi connectivity index (χ4n) is 1.17. The highest BCUT2D eigenvalue weighted by Gasteiger charge is 2.12. The largest absolute Gasteiger partial charge is 0.301 e. The smallest absolute Gasteiger partial charge is 0.153 e. The Labute approximate surface area is 77.6 Å². The molecule has 14 heavy (non-hydrogen) atoms.